The fraction of sp³-hybridized carbons (Fsp3) is 0.647. The van der Waals surface area contributed by atoms with Crippen LogP contribution in [0.4, 0.5) is 0 Å². The van der Waals surface area contributed by atoms with Crippen molar-refractivity contribution >= 4 is 11.7 Å². The van der Waals surface area contributed by atoms with E-state index in [1.165, 1.54) is 6.33 Å². The number of carbonyl (C=O) groups excluding carboxylic acids is 1. The molecule has 0 radical (unpaired) electrons. The van der Waals surface area contributed by atoms with Crippen LogP contribution in [0.1, 0.15) is 44.1 Å². The molecule has 24 heavy (non-hydrogen) atoms. The van der Waals surface area contributed by atoms with Crippen molar-refractivity contribution in [3.8, 4) is 0 Å². The smallest absolute Gasteiger partial charge is 0.252 e. The van der Waals surface area contributed by atoms with E-state index in [2.05, 4.69) is 15.1 Å². The van der Waals surface area contributed by atoms with Gasteiger partial charge >= 0.3 is 0 Å². The highest BCUT2D eigenvalue weighted by molar-refractivity contribution is 5.76. The van der Waals surface area contributed by atoms with Crippen LogP contribution in [-0.4, -0.2) is 55.2 Å². The Bertz CT molecular complexity index is 768. The first-order chi connectivity index (χ1) is 11.3. The van der Waals surface area contributed by atoms with Gasteiger partial charge in [-0.25, -0.2) is 9.50 Å². The summed E-state index contributed by atoms with van der Waals surface area (Å²) in [5, 5.41) is 4.20. The fourth-order valence-corrected chi connectivity index (χ4v) is 3.55. The van der Waals surface area contributed by atoms with Crippen LogP contribution in [0.3, 0.4) is 0 Å². The van der Waals surface area contributed by atoms with E-state index < -0.39 is 0 Å². The van der Waals surface area contributed by atoms with Crippen LogP contribution in [0.5, 0.6) is 0 Å². The van der Waals surface area contributed by atoms with Crippen molar-refractivity contribution in [2.45, 2.75) is 59.2 Å². The molecule has 1 aliphatic heterocycles. The molecular weight excluding hydrogens is 306 g/mol. The number of ether oxygens (including phenoxy) is 1. The summed E-state index contributed by atoms with van der Waals surface area (Å²) >= 11 is 0. The van der Waals surface area contributed by atoms with Crippen molar-refractivity contribution in [2.75, 3.05) is 13.1 Å². The van der Waals surface area contributed by atoms with Crippen LogP contribution in [0.25, 0.3) is 5.78 Å². The second-order valence-corrected chi connectivity index (χ2v) is 7.20. The number of amides is 1. The molecule has 0 saturated carbocycles. The average molecular weight is 331 g/mol. The lowest BCUT2D eigenvalue weighted by Crippen LogP contribution is -2.53. The molecule has 2 aromatic heterocycles. The van der Waals surface area contributed by atoms with E-state index in [0.717, 1.165) is 17.0 Å². The van der Waals surface area contributed by atoms with Crippen LogP contribution < -0.4 is 0 Å². The number of aromatic nitrogens is 4. The minimum Gasteiger partial charge on any atom is -0.369 e. The number of hydrogen-bond donors (Lipinski definition) is 0. The predicted molar refractivity (Wildman–Crippen MR) is 89.8 cm³/mol. The summed E-state index contributed by atoms with van der Waals surface area (Å²) < 4.78 is 7.60. The van der Waals surface area contributed by atoms with Crippen LogP contribution >= 0.6 is 0 Å². The summed E-state index contributed by atoms with van der Waals surface area (Å²) in [5.74, 6) is 0.763. The third-order valence-electron chi connectivity index (χ3n) is 4.50. The maximum absolute atomic E-state index is 12.7. The van der Waals surface area contributed by atoms with Crippen molar-refractivity contribution in [1.29, 1.82) is 0 Å². The third-order valence-corrected chi connectivity index (χ3v) is 4.50. The zero-order valence-corrected chi connectivity index (χ0v) is 15.0. The van der Waals surface area contributed by atoms with Crippen molar-refractivity contribution in [1.82, 2.24) is 24.5 Å². The Morgan fingerprint density at radius 1 is 1.42 bits per heavy atom. The standard InChI is InChI=1S/C17H25N5O2/c1-11-8-21(9-17(4,5)24-11)15(23)7-6-14-12(2)20-16-18-10-19-22(16)13(14)3/h10-11H,6-9H2,1-5H3. The van der Waals surface area contributed by atoms with Gasteiger partial charge in [-0.05, 0) is 46.6 Å². The first-order valence-corrected chi connectivity index (χ1v) is 8.38. The Labute approximate surface area is 142 Å². The van der Waals surface area contributed by atoms with Crippen molar-refractivity contribution in [3.05, 3.63) is 23.3 Å². The quantitative estimate of drug-likeness (QED) is 0.856. The summed E-state index contributed by atoms with van der Waals surface area (Å²) in [7, 11) is 0. The van der Waals surface area contributed by atoms with Gasteiger partial charge in [0.05, 0.1) is 11.7 Å². The van der Waals surface area contributed by atoms with E-state index in [1.807, 2.05) is 39.5 Å². The number of nitrogens with zero attached hydrogens (tertiary/aromatic N) is 5. The number of rotatable bonds is 3. The zero-order chi connectivity index (χ0) is 17.5. The van der Waals surface area contributed by atoms with Crippen molar-refractivity contribution < 1.29 is 9.53 Å². The van der Waals surface area contributed by atoms with Gasteiger partial charge in [-0.3, -0.25) is 4.79 Å². The normalized spacial score (nSPS) is 20.5. The number of carbonyl (C=O) groups is 1. The van der Waals surface area contributed by atoms with Gasteiger partial charge in [-0.15, -0.1) is 0 Å². The first kappa shape index (κ1) is 16.8. The highest BCUT2D eigenvalue weighted by Gasteiger charge is 2.33. The topological polar surface area (TPSA) is 72.6 Å². The number of hydrogen-bond acceptors (Lipinski definition) is 5. The van der Waals surface area contributed by atoms with Gasteiger partial charge in [0, 0.05) is 30.9 Å². The maximum atomic E-state index is 12.7. The summed E-state index contributed by atoms with van der Waals surface area (Å²) in [6, 6.07) is 0. The molecule has 3 heterocycles. The molecule has 1 aliphatic rings. The molecule has 1 atom stereocenters. The molecular formula is C17H25N5O2. The Morgan fingerprint density at radius 3 is 2.88 bits per heavy atom. The van der Waals surface area contributed by atoms with Gasteiger partial charge in [-0.2, -0.15) is 10.1 Å². The highest BCUT2D eigenvalue weighted by atomic mass is 16.5. The highest BCUT2D eigenvalue weighted by Crippen LogP contribution is 2.22. The Balaban J connectivity index is 1.72. The lowest BCUT2D eigenvalue weighted by Gasteiger charge is -2.41. The molecule has 7 heteroatoms. The fourth-order valence-electron chi connectivity index (χ4n) is 3.55. The largest absolute Gasteiger partial charge is 0.369 e. The van der Waals surface area contributed by atoms with E-state index in [-0.39, 0.29) is 17.6 Å². The SMILES string of the molecule is Cc1nc2ncnn2c(C)c1CCC(=O)N1CC(C)OC(C)(C)C1. The molecule has 7 nitrogen and oxygen atoms in total. The maximum Gasteiger partial charge on any atom is 0.252 e. The minimum atomic E-state index is -0.291. The van der Waals surface area contributed by atoms with Crippen LogP contribution in [0.2, 0.25) is 0 Å². The molecule has 1 amide bonds. The van der Waals surface area contributed by atoms with Crippen LogP contribution in [0.15, 0.2) is 6.33 Å². The van der Waals surface area contributed by atoms with E-state index in [0.29, 0.717) is 31.7 Å². The van der Waals surface area contributed by atoms with Gasteiger partial charge in [0.25, 0.3) is 5.78 Å². The van der Waals surface area contributed by atoms with Gasteiger partial charge in [0.15, 0.2) is 0 Å². The average Bonchev–Trinajstić information content (AvgIpc) is 2.93. The van der Waals surface area contributed by atoms with E-state index in [4.69, 9.17) is 4.74 Å². The molecule has 0 aliphatic carbocycles. The van der Waals surface area contributed by atoms with Crippen LogP contribution in [0, 0.1) is 13.8 Å². The Hall–Kier alpha value is -2.02. The molecule has 1 unspecified atom stereocenters. The molecule has 1 saturated heterocycles. The first-order valence-electron chi connectivity index (χ1n) is 8.38. The molecule has 0 N–H and O–H groups in total. The third kappa shape index (κ3) is 3.26. The molecule has 3 rings (SSSR count). The summed E-state index contributed by atoms with van der Waals surface area (Å²) in [6.07, 6.45) is 2.69. The molecule has 130 valence electrons. The summed E-state index contributed by atoms with van der Waals surface area (Å²) in [6.45, 7) is 11.3. The van der Waals surface area contributed by atoms with Gasteiger partial charge in [0.1, 0.15) is 6.33 Å². The van der Waals surface area contributed by atoms with E-state index >= 15 is 0 Å². The molecule has 2 aromatic rings. The summed E-state index contributed by atoms with van der Waals surface area (Å²) in [4.78, 5) is 23.2. The summed E-state index contributed by atoms with van der Waals surface area (Å²) in [5.41, 5.74) is 2.69. The Morgan fingerprint density at radius 2 is 2.17 bits per heavy atom. The zero-order valence-electron chi connectivity index (χ0n) is 15.0. The minimum absolute atomic E-state index is 0.0642. The molecule has 0 spiro atoms. The molecule has 0 aromatic carbocycles. The van der Waals surface area contributed by atoms with E-state index in [9.17, 15) is 4.79 Å². The second-order valence-electron chi connectivity index (χ2n) is 7.20. The number of aryl methyl sites for hydroxylation is 2. The van der Waals surface area contributed by atoms with E-state index in [1.54, 1.807) is 4.52 Å². The number of fused-ring (bicyclic) bond motifs is 1. The van der Waals surface area contributed by atoms with Crippen molar-refractivity contribution in [3.63, 3.8) is 0 Å². The van der Waals surface area contributed by atoms with Gasteiger partial charge < -0.3 is 9.64 Å². The Kier molecular flexibility index (Phi) is 4.29. The lowest BCUT2D eigenvalue weighted by atomic mass is 10.0. The van der Waals surface area contributed by atoms with Crippen LogP contribution in [-0.2, 0) is 16.0 Å². The predicted octanol–water partition coefficient (Wildman–Crippen LogP) is 1.70. The van der Waals surface area contributed by atoms with Gasteiger partial charge in [-0.1, -0.05) is 0 Å². The molecule has 1 fully saturated rings. The lowest BCUT2D eigenvalue weighted by molar-refractivity contribution is -0.158. The monoisotopic (exact) mass is 331 g/mol. The van der Waals surface area contributed by atoms with Crippen molar-refractivity contribution in [2.24, 2.45) is 0 Å². The van der Waals surface area contributed by atoms with Gasteiger partial charge in [0.2, 0.25) is 5.91 Å². The number of morpholine rings is 1. The second kappa shape index (κ2) is 6.12. The molecule has 0 bridgehead atoms.